The van der Waals surface area contributed by atoms with Gasteiger partial charge in [-0.25, -0.2) is 0 Å². The van der Waals surface area contributed by atoms with E-state index in [1.54, 1.807) is 0 Å². The fourth-order valence-corrected chi connectivity index (χ4v) is 2.95. The minimum atomic E-state index is 0. The fourth-order valence-electron chi connectivity index (χ4n) is 2.95. The van der Waals surface area contributed by atoms with Gasteiger partial charge in [-0.15, -0.1) is 24.0 Å². The molecule has 0 saturated heterocycles. The zero-order valence-corrected chi connectivity index (χ0v) is 17.1. The molecular formula is C19H32IN3O. The fraction of sp³-hybridized carbons (Fsp3) is 0.632. The van der Waals surface area contributed by atoms with Crippen molar-refractivity contribution in [1.29, 1.82) is 0 Å². The summed E-state index contributed by atoms with van der Waals surface area (Å²) in [6.45, 7) is 2.64. The Morgan fingerprint density at radius 1 is 1.08 bits per heavy atom. The molecule has 0 aliphatic heterocycles. The SMILES string of the molecule is CN=C(NCCCOC1CCCCC1)NCCc1ccccc1.I. The first-order chi connectivity index (χ1) is 11.4. The number of nitrogens with one attached hydrogen (secondary N) is 2. The Bertz CT molecular complexity index is 447. The van der Waals surface area contributed by atoms with Crippen LogP contribution in [-0.2, 0) is 11.2 Å². The number of hydrogen-bond acceptors (Lipinski definition) is 2. The summed E-state index contributed by atoms with van der Waals surface area (Å²) in [7, 11) is 1.82. The van der Waals surface area contributed by atoms with E-state index in [1.165, 1.54) is 37.7 Å². The van der Waals surface area contributed by atoms with Crippen LogP contribution >= 0.6 is 24.0 Å². The van der Waals surface area contributed by atoms with E-state index in [9.17, 15) is 0 Å². The Morgan fingerprint density at radius 3 is 2.50 bits per heavy atom. The standard InChI is InChI=1S/C19H31N3O.HI/c1-20-19(22-15-13-17-9-4-2-5-10-17)21-14-8-16-23-18-11-6-3-7-12-18;/h2,4-5,9-10,18H,3,6-8,11-16H2,1H3,(H2,20,21,22);1H. The molecular weight excluding hydrogens is 413 g/mol. The van der Waals surface area contributed by atoms with Crippen LogP contribution < -0.4 is 10.6 Å². The van der Waals surface area contributed by atoms with Gasteiger partial charge in [0.15, 0.2) is 5.96 Å². The van der Waals surface area contributed by atoms with Crippen molar-refractivity contribution >= 4 is 29.9 Å². The number of benzene rings is 1. The van der Waals surface area contributed by atoms with Gasteiger partial charge in [0.1, 0.15) is 0 Å². The van der Waals surface area contributed by atoms with E-state index < -0.39 is 0 Å². The molecule has 0 aromatic heterocycles. The average Bonchev–Trinajstić information content (AvgIpc) is 2.61. The summed E-state index contributed by atoms with van der Waals surface area (Å²) in [6, 6.07) is 10.5. The van der Waals surface area contributed by atoms with Gasteiger partial charge in [0.25, 0.3) is 0 Å². The maximum absolute atomic E-state index is 5.94. The molecule has 0 atom stereocenters. The van der Waals surface area contributed by atoms with E-state index in [1.807, 2.05) is 13.1 Å². The minimum absolute atomic E-state index is 0. The summed E-state index contributed by atoms with van der Waals surface area (Å²) in [5.74, 6) is 0.874. The molecule has 0 bridgehead atoms. The highest BCUT2D eigenvalue weighted by Gasteiger charge is 2.12. The maximum Gasteiger partial charge on any atom is 0.190 e. The quantitative estimate of drug-likeness (QED) is 0.277. The molecule has 1 fully saturated rings. The van der Waals surface area contributed by atoms with Gasteiger partial charge in [-0.05, 0) is 31.2 Å². The average molecular weight is 445 g/mol. The third-order valence-corrected chi connectivity index (χ3v) is 4.29. The molecule has 2 rings (SSSR count). The Morgan fingerprint density at radius 2 is 1.79 bits per heavy atom. The van der Waals surface area contributed by atoms with E-state index in [0.29, 0.717) is 6.10 Å². The number of guanidine groups is 1. The van der Waals surface area contributed by atoms with Gasteiger partial charge in [0, 0.05) is 26.7 Å². The zero-order chi connectivity index (χ0) is 16.2. The predicted octanol–water partition coefficient (Wildman–Crippen LogP) is 3.75. The predicted molar refractivity (Wildman–Crippen MR) is 112 cm³/mol. The Balaban J connectivity index is 0.00000288. The van der Waals surface area contributed by atoms with Crippen molar-refractivity contribution in [3.05, 3.63) is 35.9 Å². The van der Waals surface area contributed by atoms with Crippen molar-refractivity contribution in [1.82, 2.24) is 10.6 Å². The highest BCUT2D eigenvalue weighted by atomic mass is 127. The lowest BCUT2D eigenvalue weighted by molar-refractivity contribution is 0.0277. The zero-order valence-electron chi connectivity index (χ0n) is 14.8. The van der Waals surface area contributed by atoms with E-state index in [4.69, 9.17) is 4.74 Å². The topological polar surface area (TPSA) is 45.7 Å². The second-order valence-electron chi connectivity index (χ2n) is 6.15. The molecule has 1 aromatic rings. The second-order valence-corrected chi connectivity index (χ2v) is 6.15. The molecule has 24 heavy (non-hydrogen) atoms. The number of rotatable bonds is 8. The molecule has 0 amide bonds. The van der Waals surface area contributed by atoms with Crippen LogP contribution in [0.2, 0.25) is 0 Å². The first-order valence-electron chi connectivity index (χ1n) is 8.98. The summed E-state index contributed by atoms with van der Waals surface area (Å²) in [4.78, 5) is 4.26. The third kappa shape index (κ3) is 8.87. The Hall–Kier alpha value is -0.820. The Kier molecular flexibility index (Phi) is 11.9. The molecule has 1 saturated carbocycles. The van der Waals surface area contributed by atoms with E-state index in [0.717, 1.165) is 38.5 Å². The van der Waals surface area contributed by atoms with Crippen LogP contribution in [0.4, 0.5) is 0 Å². The van der Waals surface area contributed by atoms with Crippen LogP contribution in [0.1, 0.15) is 44.1 Å². The smallest absolute Gasteiger partial charge is 0.190 e. The van der Waals surface area contributed by atoms with Crippen molar-refractivity contribution in [2.45, 2.75) is 51.0 Å². The lowest BCUT2D eigenvalue weighted by atomic mass is 9.98. The molecule has 5 heteroatoms. The van der Waals surface area contributed by atoms with Crippen molar-refractivity contribution in [2.24, 2.45) is 4.99 Å². The normalized spacial score (nSPS) is 15.6. The van der Waals surface area contributed by atoms with Gasteiger partial charge in [0.05, 0.1) is 6.10 Å². The van der Waals surface area contributed by atoms with Crippen LogP contribution in [0, 0.1) is 0 Å². The molecule has 0 spiro atoms. The van der Waals surface area contributed by atoms with E-state index >= 15 is 0 Å². The van der Waals surface area contributed by atoms with Crippen LogP contribution in [-0.4, -0.2) is 38.8 Å². The summed E-state index contributed by atoms with van der Waals surface area (Å²) >= 11 is 0. The molecule has 0 heterocycles. The minimum Gasteiger partial charge on any atom is -0.378 e. The van der Waals surface area contributed by atoms with Crippen LogP contribution in [0.25, 0.3) is 0 Å². The summed E-state index contributed by atoms with van der Waals surface area (Å²) in [5, 5.41) is 6.71. The van der Waals surface area contributed by atoms with Gasteiger partial charge >= 0.3 is 0 Å². The van der Waals surface area contributed by atoms with Gasteiger partial charge in [0.2, 0.25) is 0 Å². The van der Waals surface area contributed by atoms with Crippen molar-refractivity contribution in [3.8, 4) is 0 Å². The Labute approximate surface area is 163 Å². The van der Waals surface area contributed by atoms with Gasteiger partial charge < -0.3 is 15.4 Å². The third-order valence-electron chi connectivity index (χ3n) is 4.29. The van der Waals surface area contributed by atoms with Gasteiger partial charge in [-0.2, -0.15) is 0 Å². The van der Waals surface area contributed by atoms with E-state index in [2.05, 4.69) is 39.9 Å². The maximum atomic E-state index is 5.94. The van der Waals surface area contributed by atoms with Crippen molar-refractivity contribution in [2.75, 3.05) is 26.7 Å². The lowest BCUT2D eigenvalue weighted by Crippen LogP contribution is -2.39. The number of nitrogens with zero attached hydrogens (tertiary/aromatic N) is 1. The molecule has 2 N–H and O–H groups in total. The first-order valence-corrected chi connectivity index (χ1v) is 8.98. The molecule has 0 radical (unpaired) electrons. The van der Waals surface area contributed by atoms with Gasteiger partial charge in [-0.3, -0.25) is 4.99 Å². The van der Waals surface area contributed by atoms with Gasteiger partial charge in [-0.1, -0.05) is 49.6 Å². The highest BCUT2D eigenvalue weighted by molar-refractivity contribution is 14.0. The number of halogens is 1. The summed E-state index contributed by atoms with van der Waals surface area (Å²) in [5.41, 5.74) is 1.34. The van der Waals surface area contributed by atoms with Crippen LogP contribution in [0.3, 0.4) is 0 Å². The summed E-state index contributed by atoms with van der Waals surface area (Å²) < 4.78 is 5.94. The second kappa shape index (κ2) is 13.5. The van der Waals surface area contributed by atoms with Crippen LogP contribution in [0.5, 0.6) is 0 Å². The summed E-state index contributed by atoms with van der Waals surface area (Å²) in [6.07, 6.45) is 9.08. The molecule has 1 aliphatic rings. The van der Waals surface area contributed by atoms with Crippen LogP contribution in [0.15, 0.2) is 35.3 Å². The molecule has 0 unspecified atom stereocenters. The lowest BCUT2D eigenvalue weighted by Gasteiger charge is -2.22. The largest absolute Gasteiger partial charge is 0.378 e. The number of aliphatic imine (C=N–C) groups is 1. The number of ether oxygens (including phenoxy) is 1. The van der Waals surface area contributed by atoms with Crippen molar-refractivity contribution in [3.63, 3.8) is 0 Å². The molecule has 1 aromatic carbocycles. The molecule has 136 valence electrons. The first kappa shape index (κ1) is 21.2. The molecule has 1 aliphatic carbocycles. The van der Waals surface area contributed by atoms with Crippen molar-refractivity contribution < 1.29 is 4.74 Å². The number of hydrogen-bond donors (Lipinski definition) is 2. The monoisotopic (exact) mass is 445 g/mol. The van der Waals surface area contributed by atoms with E-state index in [-0.39, 0.29) is 24.0 Å². The molecule has 4 nitrogen and oxygen atoms in total. The highest BCUT2D eigenvalue weighted by Crippen LogP contribution is 2.20.